The molecule has 0 aliphatic heterocycles. The van der Waals surface area contributed by atoms with Crippen molar-refractivity contribution in [3.8, 4) is 5.82 Å². The van der Waals surface area contributed by atoms with Gasteiger partial charge >= 0.3 is 5.97 Å². The Morgan fingerprint density at radius 1 is 1.07 bits per heavy atom. The van der Waals surface area contributed by atoms with Gasteiger partial charge in [0.15, 0.2) is 11.6 Å². The molecule has 0 bridgehead atoms. The number of benzene rings is 2. The van der Waals surface area contributed by atoms with Crippen LogP contribution < -0.4 is 5.32 Å². The second-order valence-corrected chi connectivity index (χ2v) is 7.16. The van der Waals surface area contributed by atoms with Gasteiger partial charge in [-0.05, 0) is 55.8 Å². The molecule has 0 saturated carbocycles. The summed E-state index contributed by atoms with van der Waals surface area (Å²) in [6.07, 6.45) is 0. The largest absolute Gasteiger partial charge is 0.478 e. The zero-order valence-corrected chi connectivity index (χ0v) is 16.6. The van der Waals surface area contributed by atoms with E-state index in [1.54, 1.807) is 41.1 Å². The summed E-state index contributed by atoms with van der Waals surface area (Å²) in [6, 6.07) is 14.0. The molecule has 2 N–H and O–H groups in total. The molecular formula is C21H18ClN5O2. The molecule has 0 unspecified atom stereocenters. The van der Waals surface area contributed by atoms with Crippen LogP contribution in [-0.4, -0.2) is 30.8 Å². The molecule has 0 saturated heterocycles. The van der Waals surface area contributed by atoms with E-state index < -0.39 is 5.97 Å². The number of carboxylic acids is 1. The van der Waals surface area contributed by atoms with Gasteiger partial charge in [0.2, 0.25) is 0 Å². The Morgan fingerprint density at radius 3 is 2.48 bits per heavy atom. The molecule has 0 atom stereocenters. The monoisotopic (exact) mass is 407 g/mol. The third kappa shape index (κ3) is 3.90. The number of hydrogen-bond donors (Lipinski definition) is 2. The van der Waals surface area contributed by atoms with Crippen LogP contribution in [0.2, 0.25) is 5.02 Å². The predicted octanol–water partition coefficient (Wildman–Crippen LogP) is 4.40. The van der Waals surface area contributed by atoms with Crippen molar-refractivity contribution in [2.45, 2.75) is 20.4 Å². The minimum absolute atomic E-state index is 0.249. The first kappa shape index (κ1) is 18.9. The third-order valence-electron chi connectivity index (χ3n) is 4.48. The van der Waals surface area contributed by atoms with E-state index in [0.717, 1.165) is 17.0 Å². The van der Waals surface area contributed by atoms with Crippen molar-refractivity contribution in [3.63, 3.8) is 0 Å². The number of nitrogens with zero attached hydrogens (tertiary/aromatic N) is 4. The lowest BCUT2D eigenvalue weighted by Crippen LogP contribution is -2.11. The van der Waals surface area contributed by atoms with Crippen LogP contribution in [0.5, 0.6) is 0 Å². The summed E-state index contributed by atoms with van der Waals surface area (Å²) in [5.74, 6) is 0.205. The molecule has 2 heterocycles. The van der Waals surface area contributed by atoms with Gasteiger partial charge in [0.25, 0.3) is 0 Å². The Morgan fingerprint density at radius 2 is 1.83 bits per heavy atom. The summed E-state index contributed by atoms with van der Waals surface area (Å²) in [4.78, 5) is 20.5. The van der Waals surface area contributed by atoms with Crippen molar-refractivity contribution in [1.29, 1.82) is 0 Å². The normalized spacial score (nSPS) is 11.0. The highest BCUT2D eigenvalue weighted by atomic mass is 35.5. The van der Waals surface area contributed by atoms with Gasteiger partial charge in [-0.15, -0.1) is 0 Å². The molecule has 7 nitrogen and oxygen atoms in total. The summed E-state index contributed by atoms with van der Waals surface area (Å²) >= 11 is 6.12. The second-order valence-electron chi connectivity index (χ2n) is 6.72. The summed E-state index contributed by atoms with van der Waals surface area (Å²) in [5, 5.41) is 17.5. The molecule has 0 aliphatic carbocycles. The highest BCUT2D eigenvalue weighted by molar-refractivity contribution is 6.31. The molecule has 2 aromatic carbocycles. The van der Waals surface area contributed by atoms with Crippen LogP contribution in [0, 0.1) is 13.8 Å². The molecule has 4 aromatic rings. The molecule has 0 aliphatic rings. The quantitative estimate of drug-likeness (QED) is 0.509. The van der Waals surface area contributed by atoms with Crippen LogP contribution in [-0.2, 0) is 6.54 Å². The standard InChI is InChI=1S/C21H18ClN5O2/c1-12-9-13(2)27(26-12)20-19(24-17-8-7-16(22)10-18(17)25-20)23-11-14-3-5-15(6-4-14)21(28)29/h3-10H,11H2,1-2H3,(H,23,24)(H,28,29). The maximum Gasteiger partial charge on any atom is 0.335 e. The lowest BCUT2D eigenvalue weighted by Gasteiger charge is -2.13. The number of aromatic carboxylic acids is 1. The number of rotatable bonds is 5. The fourth-order valence-corrected chi connectivity index (χ4v) is 3.25. The summed E-state index contributed by atoms with van der Waals surface area (Å²) in [6.45, 7) is 4.34. The predicted molar refractivity (Wildman–Crippen MR) is 112 cm³/mol. The highest BCUT2D eigenvalue weighted by Crippen LogP contribution is 2.24. The lowest BCUT2D eigenvalue weighted by atomic mass is 10.1. The van der Waals surface area contributed by atoms with Crippen LogP contribution in [0.3, 0.4) is 0 Å². The summed E-state index contributed by atoms with van der Waals surface area (Å²) < 4.78 is 1.75. The molecule has 0 radical (unpaired) electrons. The number of carbonyl (C=O) groups is 1. The van der Waals surface area contributed by atoms with E-state index in [0.29, 0.717) is 34.2 Å². The van der Waals surface area contributed by atoms with Crippen LogP contribution in [0.15, 0.2) is 48.5 Å². The fourth-order valence-electron chi connectivity index (χ4n) is 3.08. The van der Waals surface area contributed by atoms with Crippen molar-refractivity contribution in [2.75, 3.05) is 5.32 Å². The molecule has 0 spiro atoms. The first-order chi connectivity index (χ1) is 13.9. The van der Waals surface area contributed by atoms with Crippen molar-refractivity contribution in [3.05, 3.63) is 76.1 Å². The molecule has 2 aromatic heterocycles. The van der Waals surface area contributed by atoms with Crippen molar-refractivity contribution in [1.82, 2.24) is 19.7 Å². The number of aryl methyl sites for hydroxylation is 2. The van der Waals surface area contributed by atoms with E-state index in [9.17, 15) is 4.79 Å². The Kier molecular flexibility index (Phi) is 4.90. The Hall–Kier alpha value is -3.45. The van der Waals surface area contributed by atoms with Gasteiger partial charge in [0, 0.05) is 17.3 Å². The van der Waals surface area contributed by atoms with Crippen LogP contribution in [0.4, 0.5) is 5.82 Å². The summed E-state index contributed by atoms with van der Waals surface area (Å²) in [7, 11) is 0. The SMILES string of the molecule is Cc1cc(C)n(-c2nc3cc(Cl)ccc3nc2NCc2ccc(C(=O)O)cc2)n1. The molecule has 0 amide bonds. The van der Waals surface area contributed by atoms with E-state index >= 15 is 0 Å². The molecular weight excluding hydrogens is 390 g/mol. The maximum atomic E-state index is 11.0. The molecule has 146 valence electrons. The van der Waals surface area contributed by atoms with Gasteiger partial charge in [0.1, 0.15) is 0 Å². The smallest absolute Gasteiger partial charge is 0.335 e. The highest BCUT2D eigenvalue weighted by Gasteiger charge is 2.14. The Balaban J connectivity index is 1.73. The van der Waals surface area contributed by atoms with E-state index in [4.69, 9.17) is 26.7 Å². The maximum absolute atomic E-state index is 11.0. The first-order valence-corrected chi connectivity index (χ1v) is 9.35. The third-order valence-corrected chi connectivity index (χ3v) is 4.71. The van der Waals surface area contributed by atoms with Crippen molar-refractivity contribution in [2.24, 2.45) is 0 Å². The number of aromatic nitrogens is 4. The number of nitrogens with one attached hydrogen (secondary N) is 1. The second kappa shape index (κ2) is 7.52. The van der Waals surface area contributed by atoms with Gasteiger partial charge in [-0.2, -0.15) is 5.10 Å². The molecule has 29 heavy (non-hydrogen) atoms. The Bertz CT molecular complexity index is 1220. The van der Waals surface area contributed by atoms with E-state index in [1.807, 2.05) is 26.0 Å². The number of halogens is 1. The number of carboxylic acid groups (broad SMARTS) is 1. The number of hydrogen-bond acceptors (Lipinski definition) is 5. The lowest BCUT2D eigenvalue weighted by molar-refractivity contribution is 0.0697. The van der Waals surface area contributed by atoms with Crippen LogP contribution in [0.25, 0.3) is 16.9 Å². The zero-order chi connectivity index (χ0) is 20.5. The molecule has 4 rings (SSSR count). The number of anilines is 1. The average molecular weight is 408 g/mol. The fraction of sp³-hybridized carbons (Fsp3) is 0.143. The first-order valence-electron chi connectivity index (χ1n) is 8.98. The Labute approximate surface area is 172 Å². The van der Waals surface area contributed by atoms with E-state index in [-0.39, 0.29) is 5.56 Å². The van der Waals surface area contributed by atoms with Gasteiger partial charge in [-0.1, -0.05) is 23.7 Å². The summed E-state index contributed by atoms with van der Waals surface area (Å²) in [5.41, 5.74) is 4.38. The molecule has 0 fully saturated rings. The minimum Gasteiger partial charge on any atom is -0.478 e. The topological polar surface area (TPSA) is 92.9 Å². The van der Waals surface area contributed by atoms with Crippen molar-refractivity contribution < 1.29 is 9.90 Å². The van der Waals surface area contributed by atoms with Crippen LogP contribution in [0.1, 0.15) is 27.3 Å². The van der Waals surface area contributed by atoms with Crippen LogP contribution >= 0.6 is 11.6 Å². The minimum atomic E-state index is -0.949. The van der Waals surface area contributed by atoms with Gasteiger partial charge in [-0.25, -0.2) is 19.4 Å². The van der Waals surface area contributed by atoms with Gasteiger partial charge in [0.05, 0.1) is 22.3 Å². The van der Waals surface area contributed by atoms with Gasteiger partial charge < -0.3 is 10.4 Å². The van der Waals surface area contributed by atoms with Crippen molar-refractivity contribution >= 4 is 34.4 Å². The number of fused-ring (bicyclic) bond motifs is 1. The van der Waals surface area contributed by atoms with Gasteiger partial charge in [-0.3, -0.25) is 0 Å². The average Bonchev–Trinajstić information content (AvgIpc) is 3.03. The van der Waals surface area contributed by atoms with E-state index in [1.165, 1.54) is 0 Å². The van der Waals surface area contributed by atoms with E-state index in [2.05, 4.69) is 10.4 Å². The zero-order valence-electron chi connectivity index (χ0n) is 15.8. The molecule has 8 heteroatoms.